The molecule has 0 radical (unpaired) electrons. The summed E-state index contributed by atoms with van der Waals surface area (Å²) >= 11 is 0. The lowest BCUT2D eigenvalue weighted by molar-refractivity contribution is -0.137. The molecule has 0 aliphatic rings. The zero-order valence-corrected chi connectivity index (χ0v) is 21.6. The fourth-order valence-electron chi connectivity index (χ4n) is 4.58. The first-order chi connectivity index (χ1) is 19.4. The van der Waals surface area contributed by atoms with Crippen molar-refractivity contribution in [1.82, 2.24) is 15.3 Å². The van der Waals surface area contributed by atoms with Crippen molar-refractivity contribution in [2.75, 3.05) is 11.9 Å². The Balaban J connectivity index is 1.21. The molecule has 8 heteroatoms. The van der Waals surface area contributed by atoms with Crippen LogP contribution >= 0.6 is 0 Å². The first-order valence-electron chi connectivity index (χ1n) is 13.0. The molecular weight excluding hydrogens is 513 g/mol. The van der Waals surface area contributed by atoms with Gasteiger partial charge in [-0.05, 0) is 72.4 Å². The number of fused-ring (bicyclic) bond motifs is 1. The lowest BCUT2D eigenvalue weighted by atomic mass is 9.99. The van der Waals surface area contributed by atoms with Crippen LogP contribution in [0.1, 0.15) is 34.3 Å². The van der Waals surface area contributed by atoms with Gasteiger partial charge in [-0.15, -0.1) is 0 Å². The summed E-state index contributed by atoms with van der Waals surface area (Å²) in [6.45, 7) is 0.298. The SMILES string of the molecule is O=C(NCCCCc1cccc(-c2ccc3ncnc(Nc4ccccc4)c3c2)c1)c1ccccc1C(F)(F)F. The van der Waals surface area contributed by atoms with Crippen molar-refractivity contribution < 1.29 is 18.0 Å². The van der Waals surface area contributed by atoms with E-state index in [9.17, 15) is 18.0 Å². The van der Waals surface area contributed by atoms with Crippen molar-refractivity contribution in [3.8, 4) is 11.1 Å². The van der Waals surface area contributed by atoms with Gasteiger partial charge in [-0.25, -0.2) is 9.97 Å². The minimum Gasteiger partial charge on any atom is -0.352 e. The molecule has 1 amide bonds. The fraction of sp³-hybridized carbons (Fsp3) is 0.156. The maximum atomic E-state index is 13.2. The Kier molecular flexibility index (Phi) is 8.05. The van der Waals surface area contributed by atoms with Crippen molar-refractivity contribution >= 4 is 28.3 Å². The molecule has 0 aliphatic carbocycles. The number of para-hydroxylation sites is 1. The van der Waals surface area contributed by atoms with Crippen LogP contribution in [0.25, 0.3) is 22.0 Å². The van der Waals surface area contributed by atoms with Gasteiger partial charge >= 0.3 is 6.18 Å². The molecule has 0 saturated heterocycles. The normalized spacial score (nSPS) is 11.4. The van der Waals surface area contributed by atoms with E-state index in [-0.39, 0.29) is 5.56 Å². The standard InChI is InChI=1S/C32H27F3N4O/c33-32(34,35)28-15-5-4-14-26(28)31(40)36-18-7-6-9-22-10-8-11-23(19-22)24-16-17-29-27(20-24)30(38-21-37-29)39-25-12-2-1-3-13-25/h1-5,8,10-17,19-21H,6-7,9,18H2,(H,36,40)(H,37,38,39). The molecule has 0 unspecified atom stereocenters. The maximum absolute atomic E-state index is 13.2. The van der Waals surface area contributed by atoms with Crippen molar-refractivity contribution in [1.29, 1.82) is 0 Å². The quantitative estimate of drug-likeness (QED) is 0.187. The lowest BCUT2D eigenvalue weighted by Gasteiger charge is -2.12. The smallest absolute Gasteiger partial charge is 0.352 e. The molecule has 1 heterocycles. The van der Waals surface area contributed by atoms with Crippen molar-refractivity contribution in [2.45, 2.75) is 25.4 Å². The molecule has 5 aromatic rings. The average Bonchev–Trinajstić information content (AvgIpc) is 2.97. The van der Waals surface area contributed by atoms with Gasteiger partial charge in [0.2, 0.25) is 0 Å². The summed E-state index contributed by atoms with van der Waals surface area (Å²) in [5.74, 6) is 0.0189. The third kappa shape index (κ3) is 6.46. The van der Waals surface area contributed by atoms with Crippen molar-refractivity contribution in [2.24, 2.45) is 0 Å². The largest absolute Gasteiger partial charge is 0.417 e. The highest BCUT2D eigenvalue weighted by molar-refractivity contribution is 5.96. The second kappa shape index (κ2) is 12.0. The van der Waals surface area contributed by atoms with Crippen LogP contribution in [0.3, 0.4) is 0 Å². The van der Waals surface area contributed by atoms with E-state index < -0.39 is 17.6 Å². The second-order valence-electron chi connectivity index (χ2n) is 9.40. The highest BCUT2D eigenvalue weighted by Crippen LogP contribution is 2.32. The molecule has 0 atom stereocenters. The van der Waals surface area contributed by atoms with E-state index in [1.807, 2.05) is 54.6 Å². The van der Waals surface area contributed by atoms with E-state index in [2.05, 4.69) is 38.8 Å². The minimum absolute atomic E-state index is 0.298. The number of aromatic nitrogens is 2. The summed E-state index contributed by atoms with van der Waals surface area (Å²) < 4.78 is 39.6. The van der Waals surface area contributed by atoms with Crippen LogP contribution in [0.4, 0.5) is 24.7 Å². The highest BCUT2D eigenvalue weighted by Gasteiger charge is 2.34. The number of anilines is 2. The van der Waals surface area contributed by atoms with Gasteiger partial charge in [0, 0.05) is 17.6 Å². The summed E-state index contributed by atoms with van der Waals surface area (Å²) in [7, 11) is 0. The first-order valence-corrected chi connectivity index (χ1v) is 13.0. The number of hydrogen-bond acceptors (Lipinski definition) is 4. The highest BCUT2D eigenvalue weighted by atomic mass is 19.4. The Morgan fingerprint density at radius 3 is 2.38 bits per heavy atom. The van der Waals surface area contributed by atoms with Crippen LogP contribution < -0.4 is 10.6 Å². The van der Waals surface area contributed by atoms with E-state index in [1.54, 1.807) is 6.33 Å². The number of aryl methyl sites for hydroxylation is 1. The monoisotopic (exact) mass is 540 g/mol. The number of unbranched alkanes of at least 4 members (excludes halogenated alkanes) is 1. The lowest BCUT2D eigenvalue weighted by Crippen LogP contribution is -2.27. The Morgan fingerprint density at radius 1 is 0.775 bits per heavy atom. The molecule has 0 spiro atoms. The molecule has 4 aromatic carbocycles. The molecule has 0 bridgehead atoms. The molecule has 202 valence electrons. The van der Waals surface area contributed by atoms with E-state index in [0.29, 0.717) is 13.0 Å². The Bertz CT molecular complexity index is 1620. The average molecular weight is 541 g/mol. The Hall–Kier alpha value is -4.72. The maximum Gasteiger partial charge on any atom is 0.417 e. The summed E-state index contributed by atoms with van der Waals surface area (Å²) in [6.07, 6.45) is -0.823. The van der Waals surface area contributed by atoms with Crippen LogP contribution in [0.2, 0.25) is 0 Å². The van der Waals surface area contributed by atoms with Gasteiger partial charge in [0.25, 0.3) is 5.91 Å². The van der Waals surface area contributed by atoms with Crippen LogP contribution in [0, 0.1) is 0 Å². The van der Waals surface area contributed by atoms with Crippen LogP contribution in [0.15, 0.2) is 103 Å². The Morgan fingerprint density at radius 2 is 1.55 bits per heavy atom. The van der Waals surface area contributed by atoms with Crippen molar-refractivity contribution in [3.63, 3.8) is 0 Å². The fourth-order valence-corrected chi connectivity index (χ4v) is 4.58. The van der Waals surface area contributed by atoms with Gasteiger partial charge in [-0.1, -0.05) is 60.7 Å². The number of carbonyl (C=O) groups excluding carboxylic acids is 1. The Labute approximate surface area is 230 Å². The number of alkyl halides is 3. The van der Waals surface area contributed by atoms with E-state index in [0.717, 1.165) is 58.0 Å². The number of carbonyl (C=O) groups is 1. The van der Waals surface area contributed by atoms with Crippen LogP contribution in [-0.2, 0) is 12.6 Å². The number of nitrogens with one attached hydrogen (secondary N) is 2. The van der Waals surface area contributed by atoms with E-state index in [4.69, 9.17) is 0 Å². The minimum atomic E-state index is -4.57. The van der Waals surface area contributed by atoms with E-state index in [1.165, 1.54) is 18.2 Å². The molecule has 1 aromatic heterocycles. The van der Waals surface area contributed by atoms with Crippen LogP contribution in [-0.4, -0.2) is 22.4 Å². The predicted octanol–water partition coefficient (Wildman–Crippen LogP) is 7.81. The molecule has 40 heavy (non-hydrogen) atoms. The van der Waals surface area contributed by atoms with Gasteiger partial charge in [0.05, 0.1) is 16.6 Å². The first kappa shape index (κ1) is 26.9. The number of amides is 1. The summed E-state index contributed by atoms with van der Waals surface area (Å²) in [5, 5.41) is 6.90. The molecule has 0 saturated carbocycles. The third-order valence-corrected chi connectivity index (χ3v) is 6.59. The molecular formula is C32H27F3N4O. The number of nitrogens with zero attached hydrogens (tertiary/aromatic N) is 2. The molecule has 5 rings (SSSR count). The predicted molar refractivity (Wildman–Crippen MR) is 151 cm³/mol. The van der Waals surface area contributed by atoms with Crippen LogP contribution in [0.5, 0.6) is 0 Å². The summed E-state index contributed by atoms with van der Waals surface area (Å²) in [4.78, 5) is 21.2. The zero-order valence-electron chi connectivity index (χ0n) is 21.6. The third-order valence-electron chi connectivity index (χ3n) is 6.59. The van der Waals surface area contributed by atoms with Crippen molar-refractivity contribution in [3.05, 3.63) is 120 Å². The second-order valence-corrected chi connectivity index (χ2v) is 9.40. The van der Waals surface area contributed by atoms with Gasteiger partial charge in [-0.3, -0.25) is 4.79 Å². The number of hydrogen-bond donors (Lipinski definition) is 2. The summed E-state index contributed by atoms with van der Waals surface area (Å²) in [5.41, 5.74) is 3.74. The summed E-state index contributed by atoms with van der Waals surface area (Å²) in [6, 6.07) is 29.0. The molecule has 0 aliphatic heterocycles. The van der Waals surface area contributed by atoms with Gasteiger partial charge < -0.3 is 10.6 Å². The number of halogens is 3. The zero-order chi connectivity index (χ0) is 28.0. The topological polar surface area (TPSA) is 66.9 Å². The molecule has 2 N–H and O–H groups in total. The molecule has 0 fully saturated rings. The van der Waals surface area contributed by atoms with E-state index >= 15 is 0 Å². The number of benzene rings is 4. The number of rotatable bonds is 9. The van der Waals surface area contributed by atoms with Gasteiger partial charge in [0.15, 0.2) is 0 Å². The molecule has 5 nitrogen and oxygen atoms in total. The van der Waals surface area contributed by atoms with Gasteiger partial charge in [0.1, 0.15) is 12.1 Å². The van der Waals surface area contributed by atoms with Gasteiger partial charge in [-0.2, -0.15) is 13.2 Å².